The predicted molar refractivity (Wildman–Crippen MR) is 124 cm³/mol. The summed E-state index contributed by atoms with van der Waals surface area (Å²) in [5.41, 5.74) is 2.72. The van der Waals surface area contributed by atoms with E-state index in [-0.39, 0.29) is 18.9 Å². The van der Waals surface area contributed by atoms with Crippen LogP contribution >= 0.6 is 11.8 Å². The summed E-state index contributed by atoms with van der Waals surface area (Å²) in [6.07, 6.45) is 0.216. The largest absolute Gasteiger partial charge is 0.497 e. The molecular formula is C23H29N3O5S. The highest BCUT2D eigenvalue weighted by atomic mass is 32.2. The minimum atomic E-state index is -0.468. The fourth-order valence-electron chi connectivity index (χ4n) is 3.49. The molecule has 2 aliphatic rings. The number of benzene rings is 1. The van der Waals surface area contributed by atoms with Gasteiger partial charge in [0.2, 0.25) is 5.91 Å². The van der Waals surface area contributed by atoms with Gasteiger partial charge >= 0.3 is 5.97 Å². The van der Waals surface area contributed by atoms with Crippen molar-refractivity contribution in [2.45, 2.75) is 26.3 Å². The van der Waals surface area contributed by atoms with Crippen LogP contribution in [0.4, 0.5) is 0 Å². The molecule has 2 aliphatic heterocycles. The number of methoxy groups -OCH3 is 2. The Balaban J connectivity index is 2.00. The van der Waals surface area contributed by atoms with Crippen LogP contribution in [0.2, 0.25) is 0 Å². The van der Waals surface area contributed by atoms with Gasteiger partial charge in [0.05, 0.1) is 37.4 Å². The number of rotatable bonds is 9. The van der Waals surface area contributed by atoms with Crippen LogP contribution in [-0.2, 0) is 19.1 Å². The van der Waals surface area contributed by atoms with Crippen LogP contribution in [0.15, 0.2) is 51.6 Å². The summed E-state index contributed by atoms with van der Waals surface area (Å²) in [7, 11) is 4.94. The van der Waals surface area contributed by atoms with E-state index in [0.717, 1.165) is 22.2 Å². The van der Waals surface area contributed by atoms with E-state index in [1.807, 2.05) is 48.4 Å². The maximum atomic E-state index is 13.1. The van der Waals surface area contributed by atoms with Crippen molar-refractivity contribution in [3.05, 3.63) is 52.2 Å². The number of carbonyl (C=O) groups is 2. The van der Waals surface area contributed by atoms with Crippen molar-refractivity contribution >= 4 is 28.8 Å². The quantitative estimate of drug-likeness (QED) is 0.414. The van der Waals surface area contributed by atoms with Crippen LogP contribution in [0.5, 0.6) is 5.75 Å². The van der Waals surface area contributed by atoms with Crippen molar-refractivity contribution in [2.24, 2.45) is 4.99 Å². The van der Waals surface area contributed by atoms with E-state index < -0.39 is 12.0 Å². The third-order valence-electron chi connectivity index (χ3n) is 5.41. The van der Waals surface area contributed by atoms with Gasteiger partial charge in [-0.25, -0.2) is 9.79 Å². The van der Waals surface area contributed by atoms with Gasteiger partial charge in [-0.05, 0) is 37.0 Å². The zero-order valence-electron chi connectivity index (χ0n) is 19.1. The van der Waals surface area contributed by atoms with E-state index in [4.69, 9.17) is 14.2 Å². The highest BCUT2D eigenvalue weighted by Gasteiger charge is 2.41. The fraction of sp³-hybridized carbons (Fsp3) is 0.435. The van der Waals surface area contributed by atoms with Crippen LogP contribution in [0, 0.1) is 0 Å². The molecule has 172 valence electrons. The molecule has 1 amide bonds. The SMILES string of the molecule is CCN(C)C(=O)CC1=CSC2=NC(C)=C(C(=O)OCCOC)C(c3ccc(OC)cc3)N12. The zero-order valence-corrected chi connectivity index (χ0v) is 19.9. The second kappa shape index (κ2) is 10.7. The first-order chi connectivity index (χ1) is 15.4. The molecule has 2 heterocycles. The second-order valence-electron chi connectivity index (χ2n) is 7.38. The maximum absolute atomic E-state index is 13.1. The lowest BCUT2D eigenvalue weighted by Crippen LogP contribution is -2.38. The Morgan fingerprint density at radius 3 is 2.53 bits per heavy atom. The van der Waals surface area contributed by atoms with Crippen LogP contribution in [-0.4, -0.2) is 67.9 Å². The number of amidine groups is 1. The van der Waals surface area contributed by atoms with Gasteiger partial charge in [-0.2, -0.15) is 0 Å². The smallest absolute Gasteiger partial charge is 0.338 e. The van der Waals surface area contributed by atoms with Crippen LogP contribution < -0.4 is 4.74 Å². The third kappa shape index (κ3) is 4.99. The highest BCUT2D eigenvalue weighted by molar-refractivity contribution is 8.16. The average molecular weight is 460 g/mol. The topological polar surface area (TPSA) is 80.7 Å². The van der Waals surface area contributed by atoms with Gasteiger partial charge in [-0.15, -0.1) is 0 Å². The third-order valence-corrected chi connectivity index (χ3v) is 6.29. The van der Waals surface area contributed by atoms with E-state index in [0.29, 0.717) is 24.4 Å². The number of allylic oxidation sites excluding steroid dienone is 1. The second-order valence-corrected chi connectivity index (χ2v) is 8.22. The van der Waals surface area contributed by atoms with Crippen molar-refractivity contribution in [2.75, 3.05) is 41.0 Å². The van der Waals surface area contributed by atoms with E-state index in [2.05, 4.69) is 4.99 Å². The van der Waals surface area contributed by atoms with Gasteiger partial charge < -0.3 is 24.0 Å². The molecule has 1 aromatic rings. The first-order valence-corrected chi connectivity index (χ1v) is 11.3. The molecule has 0 N–H and O–H groups in total. The number of hydrogen-bond donors (Lipinski definition) is 0. The molecule has 9 heteroatoms. The molecule has 0 radical (unpaired) electrons. The van der Waals surface area contributed by atoms with E-state index >= 15 is 0 Å². The van der Waals surface area contributed by atoms with Crippen molar-refractivity contribution in [1.82, 2.24) is 9.80 Å². The maximum Gasteiger partial charge on any atom is 0.338 e. The molecule has 1 aromatic carbocycles. The first-order valence-electron chi connectivity index (χ1n) is 10.4. The lowest BCUT2D eigenvalue weighted by atomic mass is 9.93. The molecule has 1 unspecified atom stereocenters. The highest BCUT2D eigenvalue weighted by Crippen LogP contribution is 2.45. The van der Waals surface area contributed by atoms with Crippen molar-refractivity contribution < 1.29 is 23.8 Å². The fourth-order valence-corrected chi connectivity index (χ4v) is 4.46. The predicted octanol–water partition coefficient (Wildman–Crippen LogP) is 3.33. The molecule has 0 saturated carbocycles. The molecule has 0 fully saturated rings. The molecule has 32 heavy (non-hydrogen) atoms. The molecule has 8 nitrogen and oxygen atoms in total. The number of aliphatic imine (C=N–C) groups is 1. The number of thioether (sulfide) groups is 1. The van der Waals surface area contributed by atoms with Gasteiger partial charge in [-0.1, -0.05) is 23.9 Å². The summed E-state index contributed by atoms with van der Waals surface area (Å²) in [5, 5.41) is 2.67. The molecule has 0 spiro atoms. The zero-order chi connectivity index (χ0) is 23.3. The number of ether oxygens (including phenoxy) is 3. The van der Waals surface area contributed by atoms with Gasteiger partial charge in [0, 0.05) is 26.4 Å². The van der Waals surface area contributed by atoms with Gasteiger partial charge in [0.25, 0.3) is 0 Å². The lowest BCUT2D eigenvalue weighted by Gasteiger charge is -2.36. The molecule has 0 aliphatic carbocycles. The molecule has 0 aromatic heterocycles. The first kappa shape index (κ1) is 23.9. The number of hydrogen-bond acceptors (Lipinski definition) is 8. The summed E-state index contributed by atoms with van der Waals surface area (Å²) in [6, 6.07) is 7.08. The molecule has 0 saturated heterocycles. The molecular weight excluding hydrogens is 430 g/mol. The minimum Gasteiger partial charge on any atom is -0.497 e. The van der Waals surface area contributed by atoms with Crippen LogP contribution in [0.25, 0.3) is 0 Å². The Labute approximate surface area is 192 Å². The molecule has 3 rings (SSSR count). The monoisotopic (exact) mass is 459 g/mol. The average Bonchev–Trinajstić information content (AvgIpc) is 3.19. The lowest BCUT2D eigenvalue weighted by molar-refractivity contribution is -0.141. The Morgan fingerprint density at radius 1 is 1.19 bits per heavy atom. The number of carbonyl (C=O) groups excluding carboxylic acids is 2. The number of amides is 1. The number of nitrogens with zero attached hydrogens (tertiary/aromatic N) is 3. The summed E-state index contributed by atoms with van der Waals surface area (Å²) >= 11 is 1.45. The summed E-state index contributed by atoms with van der Waals surface area (Å²) < 4.78 is 15.8. The van der Waals surface area contributed by atoms with E-state index in [1.165, 1.54) is 11.8 Å². The van der Waals surface area contributed by atoms with Crippen molar-refractivity contribution in [1.29, 1.82) is 0 Å². The Bertz CT molecular complexity index is 955. The number of esters is 1. The number of fused-ring (bicyclic) bond motifs is 1. The van der Waals surface area contributed by atoms with Crippen molar-refractivity contribution in [3.8, 4) is 5.75 Å². The van der Waals surface area contributed by atoms with E-state index in [9.17, 15) is 9.59 Å². The summed E-state index contributed by atoms with van der Waals surface area (Å²) in [5.74, 6) is 0.274. The molecule has 1 atom stereocenters. The van der Waals surface area contributed by atoms with Gasteiger partial charge in [-0.3, -0.25) is 4.79 Å². The molecule has 0 bridgehead atoms. The standard InChI is InChI=1S/C23H29N3O5S/c1-6-25(3)19(27)13-17-14-32-23-24-15(2)20(22(28)31-12-11-29-4)21(26(17)23)16-7-9-18(30-5)10-8-16/h7-10,14,21H,6,11-13H2,1-5H3. The normalized spacial score (nSPS) is 17.5. The van der Waals surface area contributed by atoms with Crippen LogP contribution in [0.1, 0.15) is 31.9 Å². The summed E-state index contributed by atoms with van der Waals surface area (Å²) in [6.45, 7) is 4.82. The Hall–Kier alpha value is -2.78. The van der Waals surface area contributed by atoms with Crippen LogP contribution in [0.3, 0.4) is 0 Å². The Kier molecular flexibility index (Phi) is 7.98. The minimum absolute atomic E-state index is 0.00424. The van der Waals surface area contributed by atoms with Crippen molar-refractivity contribution in [3.63, 3.8) is 0 Å². The Morgan fingerprint density at radius 2 is 1.91 bits per heavy atom. The van der Waals surface area contributed by atoms with Gasteiger partial charge in [0.15, 0.2) is 5.17 Å². The van der Waals surface area contributed by atoms with Gasteiger partial charge in [0.1, 0.15) is 12.4 Å². The van der Waals surface area contributed by atoms with E-state index in [1.54, 1.807) is 26.2 Å². The summed E-state index contributed by atoms with van der Waals surface area (Å²) in [4.78, 5) is 34.1.